The molecular weight excluding hydrogens is 280 g/mol. The summed E-state index contributed by atoms with van der Waals surface area (Å²) in [6.45, 7) is 0.193. The second kappa shape index (κ2) is 5.57. The fraction of sp³-hybridized carbons (Fsp3) is 0.200. The van der Waals surface area contributed by atoms with Gasteiger partial charge in [0.15, 0.2) is 23.1 Å². The van der Waals surface area contributed by atoms with E-state index in [1.54, 1.807) is 18.2 Å². The predicted molar refractivity (Wildman–Crippen MR) is 71.3 cm³/mol. The first-order chi connectivity index (χ1) is 10.1. The average Bonchev–Trinajstić information content (AvgIpc) is 2.96. The first kappa shape index (κ1) is 13.6. The molecule has 0 saturated carbocycles. The van der Waals surface area contributed by atoms with E-state index >= 15 is 0 Å². The summed E-state index contributed by atoms with van der Waals surface area (Å²) in [7, 11) is 0. The summed E-state index contributed by atoms with van der Waals surface area (Å²) in [4.78, 5) is 0. The van der Waals surface area contributed by atoms with Crippen LogP contribution in [0.25, 0.3) is 0 Å². The van der Waals surface area contributed by atoms with Crippen molar-refractivity contribution in [2.24, 2.45) is 5.73 Å². The van der Waals surface area contributed by atoms with Gasteiger partial charge in [0.05, 0.1) is 6.04 Å². The number of hydrogen-bond donors (Lipinski definition) is 1. The fourth-order valence-corrected chi connectivity index (χ4v) is 2.02. The molecule has 2 aromatic rings. The molecule has 0 aromatic heterocycles. The van der Waals surface area contributed by atoms with Crippen molar-refractivity contribution >= 4 is 0 Å². The van der Waals surface area contributed by atoms with Gasteiger partial charge in [0, 0.05) is 0 Å². The second-order valence-corrected chi connectivity index (χ2v) is 4.58. The van der Waals surface area contributed by atoms with Crippen molar-refractivity contribution in [2.45, 2.75) is 6.04 Å². The van der Waals surface area contributed by atoms with Crippen molar-refractivity contribution in [3.63, 3.8) is 0 Å². The summed E-state index contributed by atoms with van der Waals surface area (Å²) < 4.78 is 42.2. The minimum Gasteiger partial charge on any atom is -0.488 e. The van der Waals surface area contributed by atoms with Crippen LogP contribution in [0.2, 0.25) is 0 Å². The molecule has 2 N–H and O–H groups in total. The molecule has 0 saturated heterocycles. The van der Waals surface area contributed by atoms with Gasteiger partial charge in [-0.05, 0) is 29.8 Å². The van der Waals surface area contributed by atoms with E-state index in [-0.39, 0.29) is 19.1 Å². The third-order valence-corrected chi connectivity index (χ3v) is 3.16. The Morgan fingerprint density at radius 3 is 2.81 bits per heavy atom. The Labute approximate surface area is 120 Å². The van der Waals surface area contributed by atoms with Gasteiger partial charge in [-0.2, -0.15) is 4.39 Å². The third kappa shape index (κ3) is 2.75. The molecule has 1 aliphatic heterocycles. The standard InChI is InChI=1S/C15H13F2NO3/c16-10-2-1-3-13(15(10)17)19-7-11(18)9-4-5-12-14(6-9)21-8-20-12/h1-6,11H,7-8,18H2. The summed E-state index contributed by atoms with van der Waals surface area (Å²) in [5, 5.41) is 0. The van der Waals surface area contributed by atoms with E-state index in [1.807, 2.05) is 0 Å². The van der Waals surface area contributed by atoms with E-state index < -0.39 is 17.7 Å². The van der Waals surface area contributed by atoms with Crippen LogP contribution in [0.15, 0.2) is 36.4 Å². The van der Waals surface area contributed by atoms with E-state index in [4.69, 9.17) is 19.9 Å². The molecule has 0 fully saturated rings. The Balaban J connectivity index is 1.69. The molecule has 1 heterocycles. The average molecular weight is 293 g/mol. The number of hydrogen-bond acceptors (Lipinski definition) is 4. The predicted octanol–water partition coefficient (Wildman–Crippen LogP) is 2.77. The number of rotatable bonds is 4. The van der Waals surface area contributed by atoms with Crippen LogP contribution < -0.4 is 19.9 Å². The lowest BCUT2D eigenvalue weighted by atomic mass is 10.1. The van der Waals surface area contributed by atoms with Crippen molar-refractivity contribution < 1.29 is 23.0 Å². The lowest BCUT2D eigenvalue weighted by Crippen LogP contribution is -2.19. The molecule has 3 rings (SSSR count). The number of ether oxygens (including phenoxy) is 3. The van der Waals surface area contributed by atoms with Gasteiger partial charge in [0.1, 0.15) is 6.61 Å². The maximum Gasteiger partial charge on any atom is 0.231 e. The number of nitrogens with two attached hydrogens (primary N) is 1. The zero-order valence-electron chi connectivity index (χ0n) is 11.0. The maximum absolute atomic E-state index is 13.5. The topological polar surface area (TPSA) is 53.7 Å². The lowest BCUT2D eigenvalue weighted by Gasteiger charge is -2.14. The van der Waals surface area contributed by atoms with Crippen molar-refractivity contribution in [1.82, 2.24) is 0 Å². The van der Waals surface area contributed by atoms with Gasteiger partial charge in [-0.25, -0.2) is 4.39 Å². The van der Waals surface area contributed by atoms with Crippen molar-refractivity contribution in [2.75, 3.05) is 13.4 Å². The van der Waals surface area contributed by atoms with Crippen LogP contribution >= 0.6 is 0 Å². The van der Waals surface area contributed by atoms with E-state index in [2.05, 4.69) is 0 Å². The molecule has 0 aliphatic carbocycles. The van der Waals surface area contributed by atoms with Crippen LogP contribution in [0.1, 0.15) is 11.6 Å². The third-order valence-electron chi connectivity index (χ3n) is 3.16. The Hall–Kier alpha value is -2.34. The normalized spacial score (nSPS) is 14.0. The quantitative estimate of drug-likeness (QED) is 0.941. The number of fused-ring (bicyclic) bond motifs is 1. The van der Waals surface area contributed by atoms with Gasteiger partial charge in [-0.3, -0.25) is 0 Å². The fourth-order valence-electron chi connectivity index (χ4n) is 2.02. The van der Waals surface area contributed by atoms with Gasteiger partial charge in [-0.1, -0.05) is 12.1 Å². The SMILES string of the molecule is NC(COc1cccc(F)c1F)c1ccc2c(c1)OCO2. The Kier molecular flexibility index (Phi) is 3.62. The van der Waals surface area contributed by atoms with Crippen LogP contribution in [-0.2, 0) is 0 Å². The van der Waals surface area contributed by atoms with Crippen LogP contribution in [-0.4, -0.2) is 13.4 Å². The zero-order chi connectivity index (χ0) is 14.8. The van der Waals surface area contributed by atoms with Crippen LogP contribution in [0.5, 0.6) is 17.2 Å². The minimum absolute atomic E-state index is 0.0139. The Bertz CT molecular complexity index is 663. The van der Waals surface area contributed by atoms with Crippen LogP contribution in [0, 0.1) is 11.6 Å². The van der Waals surface area contributed by atoms with Crippen molar-refractivity contribution in [3.8, 4) is 17.2 Å². The minimum atomic E-state index is -1.02. The highest BCUT2D eigenvalue weighted by molar-refractivity contribution is 5.45. The summed E-state index contributed by atoms with van der Waals surface area (Å²) in [6, 6.07) is 8.54. The Morgan fingerprint density at radius 2 is 1.95 bits per heavy atom. The maximum atomic E-state index is 13.5. The zero-order valence-corrected chi connectivity index (χ0v) is 11.0. The first-order valence-electron chi connectivity index (χ1n) is 6.37. The molecule has 110 valence electrons. The molecule has 1 atom stereocenters. The molecule has 4 nitrogen and oxygen atoms in total. The van der Waals surface area contributed by atoms with E-state index in [0.717, 1.165) is 11.6 Å². The first-order valence-corrected chi connectivity index (χ1v) is 6.37. The summed E-state index contributed by atoms with van der Waals surface area (Å²) >= 11 is 0. The molecule has 1 aliphatic rings. The van der Waals surface area contributed by atoms with Crippen LogP contribution in [0.3, 0.4) is 0 Å². The van der Waals surface area contributed by atoms with E-state index in [0.29, 0.717) is 11.5 Å². The Morgan fingerprint density at radius 1 is 1.14 bits per heavy atom. The smallest absolute Gasteiger partial charge is 0.231 e. The monoisotopic (exact) mass is 293 g/mol. The van der Waals surface area contributed by atoms with Gasteiger partial charge in [0.25, 0.3) is 0 Å². The van der Waals surface area contributed by atoms with Gasteiger partial charge in [0.2, 0.25) is 12.6 Å². The molecular formula is C15H13F2NO3. The van der Waals surface area contributed by atoms with Crippen molar-refractivity contribution in [1.29, 1.82) is 0 Å². The van der Waals surface area contributed by atoms with Crippen LogP contribution in [0.4, 0.5) is 8.78 Å². The molecule has 0 amide bonds. The molecule has 0 radical (unpaired) electrons. The number of halogens is 2. The van der Waals surface area contributed by atoms with E-state index in [9.17, 15) is 8.78 Å². The summed E-state index contributed by atoms with van der Waals surface area (Å²) in [6.07, 6.45) is 0. The molecule has 0 bridgehead atoms. The highest BCUT2D eigenvalue weighted by Crippen LogP contribution is 2.34. The molecule has 6 heteroatoms. The molecule has 2 aromatic carbocycles. The summed E-state index contributed by atoms with van der Waals surface area (Å²) in [5.41, 5.74) is 6.75. The highest BCUT2D eigenvalue weighted by Gasteiger charge is 2.17. The van der Waals surface area contributed by atoms with Gasteiger partial charge < -0.3 is 19.9 Å². The largest absolute Gasteiger partial charge is 0.488 e. The lowest BCUT2D eigenvalue weighted by molar-refractivity contribution is 0.174. The van der Waals surface area contributed by atoms with Gasteiger partial charge >= 0.3 is 0 Å². The molecule has 0 spiro atoms. The second-order valence-electron chi connectivity index (χ2n) is 4.58. The number of benzene rings is 2. The van der Waals surface area contributed by atoms with E-state index in [1.165, 1.54) is 12.1 Å². The highest BCUT2D eigenvalue weighted by atomic mass is 19.2. The van der Waals surface area contributed by atoms with Crippen molar-refractivity contribution in [3.05, 3.63) is 53.6 Å². The summed E-state index contributed by atoms with van der Waals surface area (Å²) in [5.74, 6) is -0.867. The van der Waals surface area contributed by atoms with Gasteiger partial charge in [-0.15, -0.1) is 0 Å². The molecule has 21 heavy (non-hydrogen) atoms. The molecule has 1 unspecified atom stereocenters.